The van der Waals surface area contributed by atoms with E-state index in [0.29, 0.717) is 23.1 Å². The second kappa shape index (κ2) is 14.1. The molecule has 2 atom stereocenters. The average molecular weight is 456 g/mol. The lowest BCUT2D eigenvalue weighted by atomic mass is 9.80. The number of carbonyl (C=O) groups excluding carboxylic acids is 2. The van der Waals surface area contributed by atoms with E-state index in [4.69, 9.17) is 0 Å². The molecule has 0 aromatic carbocycles. The van der Waals surface area contributed by atoms with E-state index in [1.54, 1.807) is 0 Å². The minimum absolute atomic E-state index is 0.130. The summed E-state index contributed by atoms with van der Waals surface area (Å²) >= 11 is 0. The third-order valence-electron chi connectivity index (χ3n) is 8.30. The lowest BCUT2D eigenvalue weighted by Crippen LogP contribution is -2.33. The molecule has 0 spiro atoms. The normalized spacial score (nSPS) is 22.0. The molecule has 1 saturated carbocycles. The SMILES string of the molecule is CCCCCCCCCCCCCCCCCCNC1=C(C)C(=O)C2=C(C1=O)C1CCC2C1. The summed E-state index contributed by atoms with van der Waals surface area (Å²) in [5.74, 6) is 0.984. The highest BCUT2D eigenvalue weighted by molar-refractivity contribution is 6.25. The predicted octanol–water partition coefficient (Wildman–Crippen LogP) is 7.99. The van der Waals surface area contributed by atoms with Crippen molar-refractivity contribution in [3.05, 3.63) is 22.4 Å². The van der Waals surface area contributed by atoms with E-state index in [-0.39, 0.29) is 11.6 Å². The van der Waals surface area contributed by atoms with E-state index in [0.717, 1.165) is 43.4 Å². The molecule has 3 nitrogen and oxygen atoms in total. The Morgan fingerprint density at radius 2 is 1.06 bits per heavy atom. The van der Waals surface area contributed by atoms with Crippen LogP contribution in [0, 0.1) is 11.8 Å². The Morgan fingerprint density at radius 1 is 0.636 bits per heavy atom. The van der Waals surface area contributed by atoms with Crippen LogP contribution in [0.5, 0.6) is 0 Å². The Kier molecular flexibility index (Phi) is 11.2. The number of ketones is 2. The molecule has 0 amide bonds. The van der Waals surface area contributed by atoms with Crippen LogP contribution in [0.1, 0.15) is 136 Å². The number of hydrogen-bond acceptors (Lipinski definition) is 3. The summed E-state index contributed by atoms with van der Waals surface area (Å²) in [6.45, 7) is 4.93. The van der Waals surface area contributed by atoms with Gasteiger partial charge in [0, 0.05) is 23.3 Å². The number of carbonyl (C=O) groups is 2. The maximum absolute atomic E-state index is 13.0. The van der Waals surface area contributed by atoms with Crippen LogP contribution in [0.3, 0.4) is 0 Å². The molecular formula is C30H49NO2. The van der Waals surface area contributed by atoms with Crippen LogP contribution in [-0.2, 0) is 9.59 Å². The van der Waals surface area contributed by atoms with Gasteiger partial charge in [-0.15, -0.1) is 0 Å². The molecule has 186 valence electrons. The lowest BCUT2D eigenvalue weighted by molar-refractivity contribution is -0.117. The number of rotatable bonds is 18. The van der Waals surface area contributed by atoms with Gasteiger partial charge in [0.25, 0.3) is 0 Å². The number of unbranched alkanes of at least 4 members (excludes halogenated alkanes) is 15. The van der Waals surface area contributed by atoms with Crippen LogP contribution in [-0.4, -0.2) is 18.1 Å². The van der Waals surface area contributed by atoms with Crippen molar-refractivity contribution in [3.63, 3.8) is 0 Å². The van der Waals surface area contributed by atoms with Gasteiger partial charge < -0.3 is 5.32 Å². The Bertz CT molecular complexity index is 717. The largest absolute Gasteiger partial charge is 0.382 e. The van der Waals surface area contributed by atoms with E-state index in [1.807, 2.05) is 6.92 Å². The van der Waals surface area contributed by atoms with E-state index in [2.05, 4.69) is 12.2 Å². The highest BCUT2D eigenvalue weighted by atomic mass is 16.1. The molecule has 3 heteroatoms. The van der Waals surface area contributed by atoms with E-state index < -0.39 is 0 Å². The first-order valence-corrected chi connectivity index (χ1v) is 14.4. The van der Waals surface area contributed by atoms with Crippen molar-refractivity contribution in [1.29, 1.82) is 0 Å². The van der Waals surface area contributed by atoms with Gasteiger partial charge in [-0.1, -0.05) is 103 Å². The molecule has 0 radical (unpaired) electrons. The van der Waals surface area contributed by atoms with Crippen molar-refractivity contribution in [2.24, 2.45) is 11.8 Å². The molecule has 0 saturated heterocycles. The van der Waals surface area contributed by atoms with Gasteiger partial charge in [0.15, 0.2) is 5.78 Å². The van der Waals surface area contributed by atoms with Crippen LogP contribution in [0.4, 0.5) is 0 Å². The van der Waals surface area contributed by atoms with Crippen LogP contribution in [0.2, 0.25) is 0 Å². The van der Waals surface area contributed by atoms with Crippen molar-refractivity contribution in [1.82, 2.24) is 5.32 Å². The summed E-state index contributed by atoms with van der Waals surface area (Å²) in [6.07, 6.45) is 25.0. The maximum atomic E-state index is 13.0. The molecule has 33 heavy (non-hydrogen) atoms. The highest BCUT2D eigenvalue weighted by Gasteiger charge is 2.48. The van der Waals surface area contributed by atoms with Crippen molar-refractivity contribution < 1.29 is 9.59 Å². The van der Waals surface area contributed by atoms with Crippen LogP contribution < -0.4 is 5.32 Å². The van der Waals surface area contributed by atoms with Gasteiger partial charge in [0.05, 0.1) is 5.70 Å². The van der Waals surface area contributed by atoms with Crippen LogP contribution in [0.15, 0.2) is 22.4 Å². The Hall–Kier alpha value is -1.38. The van der Waals surface area contributed by atoms with Gasteiger partial charge in [-0.05, 0) is 44.4 Å². The van der Waals surface area contributed by atoms with Crippen molar-refractivity contribution in [2.75, 3.05) is 6.54 Å². The van der Waals surface area contributed by atoms with Crippen molar-refractivity contribution in [2.45, 2.75) is 136 Å². The maximum Gasteiger partial charge on any atom is 0.205 e. The Labute approximate surface area is 203 Å². The van der Waals surface area contributed by atoms with E-state index in [1.165, 1.54) is 96.3 Å². The summed E-state index contributed by atoms with van der Waals surface area (Å²) in [7, 11) is 0. The minimum Gasteiger partial charge on any atom is -0.382 e. The monoisotopic (exact) mass is 455 g/mol. The third-order valence-corrected chi connectivity index (χ3v) is 8.30. The first-order chi connectivity index (χ1) is 16.1. The van der Waals surface area contributed by atoms with Gasteiger partial charge in [-0.3, -0.25) is 9.59 Å². The lowest BCUT2D eigenvalue weighted by Gasteiger charge is -2.25. The Balaban J connectivity index is 1.16. The van der Waals surface area contributed by atoms with Crippen molar-refractivity contribution in [3.8, 4) is 0 Å². The number of hydrogen-bond donors (Lipinski definition) is 1. The van der Waals surface area contributed by atoms with Gasteiger partial charge in [0.1, 0.15) is 0 Å². The number of Topliss-reactive ketones (excluding diaryl/α,β-unsaturated/α-hetero) is 2. The van der Waals surface area contributed by atoms with Crippen LogP contribution in [0.25, 0.3) is 0 Å². The topological polar surface area (TPSA) is 46.2 Å². The zero-order valence-electron chi connectivity index (χ0n) is 21.6. The van der Waals surface area contributed by atoms with Crippen LogP contribution >= 0.6 is 0 Å². The summed E-state index contributed by atoms with van der Waals surface area (Å²) in [4.78, 5) is 25.9. The standard InChI is InChI=1S/C30H49NO2/c1-3-4-5-6-7-8-9-10-11-12-13-14-15-16-17-18-21-31-28-23(2)29(32)26-24-19-20-25(22-24)27(26)30(28)33/h24-25,31H,3-22H2,1-2H3. The van der Waals surface area contributed by atoms with Gasteiger partial charge in [-0.25, -0.2) is 0 Å². The Morgan fingerprint density at radius 3 is 1.55 bits per heavy atom. The molecule has 3 aliphatic rings. The minimum atomic E-state index is 0.130. The fourth-order valence-corrected chi connectivity index (χ4v) is 6.28. The second-order valence-corrected chi connectivity index (χ2v) is 10.9. The van der Waals surface area contributed by atoms with Gasteiger partial charge >= 0.3 is 0 Å². The average Bonchev–Trinajstić information content (AvgIpc) is 3.44. The summed E-state index contributed by atoms with van der Waals surface area (Å²) in [5, 5.41) is 3.35. The molecule has 0 heterocycles. The molecule has 0 aromatic heterocycles. The number of fused-ring (bicyclic) bond motifs is 4. The fraction of sp³-hybridized carbons (Fsp3) is 0.800. The smallest absolute Gasteiger partial charge is 0.205 e. The molecule has 2 unspecified atom stereocenters. The van der Waals surface area contributed by atoms with Gasteiger partial charge in [-0.2, -0.15) is 0 Å². The molecule has 0 aliphatic heterocycles. The van der Waals surface area contributed by atoms with Gasteiger partial charge in [0.2, 0.25) is 5.78 Å². The zero-order valence-corrected chi connectivity index (χ0v) is 21.6. The quantitative estimate of drug-likeness (QED) is 0.168. The van der Waals surface area contributed by atoms with E-state index in [9.17, 15) is 9.59 Å². The first kappa shape index (κ1) is 26.2. The molecule has 1 N–H and O–H groups in total. The zero-order chi connectivity index (χ0) is 23.5. The fourth-order valence-electron chi connectivity index (χ4n) is 6.28. The molecular weight excluding hydrogens is 406 g/mol. The molecule has 2 bridgehead atoms. The summed E-state index contributed by atoms with van der Waals surface area (Å²) in [5.41, 5.74) is 3.01. The number of allylic oxidation sites excluding steroid dienone is 3. The van der Waals surface area contributed by atoms with E-state index >= 15 is 0 Å². The first-order valence-electron chi connectivity index (χ1n) is 14.4. The predicted molar refractivity (Wildman–Crippen MR) is 138 cm³/mol. The molecule has 3 rings (SSSR count). The number of nitrogens with one attached hydrogen (secondary N) is 1. The second-order valence-electron chi connectivity index (χ2n) is 10.9. The molecule has 3 aliphatic carbocycles. The van der Waals surface area contributed by atoms with Crippen molar-refractivity contribution >= 4 is 11.6 Å². The molecule has 1 fully saturated rings. The molecule has 0 aromatic rings. The highest BCUT2D eigenvalue weighted by Crippen LogP contribution is 2.51. The summed E-state index contributed by atoms with van der Waals surface area (Å²) in [6, 6.07) is 0. The summed E-state index contributed by atoms with van der Waals surface area (Å²) < 4.78 is 0. The third kappa shape index (κ3) is 7.30.